The number of aromatic nitrogens is 1. The number of nitrogens with one attached hydrogen (secondary N) is 1. The molecule has 1 fully saturated rings. The van der Waals surface area contributed by atoms with E-state index in [1.807, 2.05) is 30.3 Å². The van der Waals surface area contributed by atoms with Gasteiger partial charge in [-0.25, -0.2) is 22.5 Å². The Kier molecular flexibility index (Phi) is 5.29. The number of carbonyl (C=O) groups excluding carboxylic acids is 1. The van der Waals surface area contributed by atoms with Gasteiger partial charge in [-0.1, -0.05) is 24.3 Å². The van der Waals surface area contributed by atoms with Gasteiger partial charge in [-0.3, -0.25) is 4.79 Å². The van der Waals surface area contributed by atoms with Crippen LogP contribution in [-0.4, -0.2) is 43.3 Å². The van der Waals surface area contributed by atoms with Gasteiger partial charge in [0.05, 0.1) is 10.4 Å². The second-order valence-corrected chi connectivity index (χ2v) is 8.74. The first kappa shape index (κ1) is 19.5. The van der Waals surface area contributed by atoms with Crippen LogP contribution in [0, 0.1) is 5.82 Å². The lowest BCUT2D eigenvalue weighted by Crippen LogP contribution is -2.46. The highest BCUT2D eigenvalue weighted by molar-refractivity contribution is 7.89. The third kappa shape index (κ3) is 4.28. The number of piperidine rings is 1. The van der Waals surface area contributed by atoms with E-state index in [-0.39, 0.29) is 16.8 Å². The van der Waals surface area contributed by atoms with Crippen LogP contribution in [0.4, 0.5) is 4.39 Å². The fourth-order valence-electron chi connectivity index (χ4n) is 3.45. The first-order valence-electron chi connectivity index (χ1n) is 9.35. The van der Waals surface area contributed by atoms with E-state index >= 15 is 0 Å². The summed E-state index contributed by atoms with van der Waals surface area (Å²) in [5.74, 6) is -0.645. The van der Waals surface area contributed by atoms with Gasteiger partial charge >= 0.3 is 0 Å². The Morgan fingerprint density at radius 3 is 2.41 bits per heavy atom. The van der Waals surface area contributed by atoms with Gasteiger partial charge in [0.2, 0.25) is 10.0 Å². The van der Waals surface area contributed by atoms with Gasteiger partial charge in [0.15, 0.2) is 0 Å². The topological polar surface area (TPSA) is 79.4 Å². The van der Waals surface area contributed by atoms with Crippen LogP contribution in [0.25, 0.3) is 10.9 Å². The van der Waals surface area contributed by atoms with Gasteiger partial charge < -0.3 is 4.90 Å². The minimum Gasteiger partial charge on any atom is -0.337 e. The van der Waals surface area contributed by atoms with Crippen LogP contribution in [-0.2, 0) is 10.0 Å². The molecule has 0 radical (unpaired) electrons. The monoisotopic (exact) mass is 413 g/mol. The number of carbonyl (C=O) groups is 1. The Morgan fingerprint density at radius 2 is 1.69 bits per heavy atom. The van der Waals surface area contributed by atoms with E-state index in [0.717, 1.165) is 23.0 Å². The lowest BCUT2D eigenvalue weighted by Gasteiger charge is -2.32. The lowest BCUT2D eigenvalue weighted by molar-refractivity contribution is 0.0706. The molecular weight excluding hydrogens is 393 g/mol. The summed E-state index contributed by atoms with van der Waals surface area (Å²) in [5.41, 5.74) is 1.15. The largest absolute Gasteiger partial charge is 0.337 e. The summed E-state index contributed by atoms with van der Waals surface area (Å²) in [4.78, 5) is 18.9. The van der Waals surface area contributed by atoms with Crippen molar-refractivity contribution >= 4 is 26.8 Å². The molecule has 1 amide bonds. The van der Waals surface area contributed by atoms with Crippen molar-refractivity contribution in [3.8, 4) is 0 Å². The number of fused-ring (bicyclic) bond motifs is 1. The number of sulfonamides is 1. The summed E-state index contributed by atoms with van der Waals surface area (Å²) >= 11 is 0. The minimum atomic E-state index is -3.72. The van der Waals surface area contributed by atoms with Crippen LogP contribution in [0.15, 0.2) is 65.6 Å². The molecule has 0 bridgehead atoms. The Labute approximate surface area is 168 Å². The summed E-state index contributed by atoms with van der Waals surface area (Å²) in [5, 5.41) is 0.970. The third-order valence-electron chi connectivity index (χ3n) is 5.05. The number of amides is 1. The van der Waals surface area contributed by atoms with Crippen molar-refractivity contribution in [2.24, 2.45) is 0 Å². The normalized spacial score (nSPS) is 15.6. The molecule has 2 heterocycles. The van der Waals surface area contributed by atoms with Gasteiger partial charge in [0.25, 0.3) is 5.91 Å². The van der Waals surface area contributed by atoms with Gasteiger partial charge in [-0.2, -0.15) is 0 Å². The van der Waals surface area contributed by atoms with E-state index in [4.69, 9.17) is 0 Å². The summed E-state index contributed by atoms with van der Waals surface area (Å²) in [6.07, 6.45) is 0.999. The first-order chi connectivity index (χ1) is 13.9. The molecule has 3 aromatic rings. The van der Waals surface area contributed by atoms with E-state index in [9.17, 15) is 17.6 Å². The molecule has 0 aliphatic carbocycles. The molecule has 8 heteroatoms. The smallest absolute Gasteiger partial charge is 0.272 e. The number of pyridine rings is 1. The van der Waals surface area contributed by atoms with Gasteiger partial charge in [-0.05, 0) is 49.2 Å². The zero-order chi connectivity index (χ0) is 20.4. The molecule has 2 aromatic carbocycles. The number of hydrogen-bond acceptors (Lipinski definition) is 4. The summed E-state index contributed by atoms with van der Waals surface area (Å²) in [7, 11) is -3.72. The van der Waals surface area contributed by atoms with Crippen LogP contribution in [0.3, 0.4) is 0 Å². The van der Waals surface area contributed by atoms with Crippen molar-refractivity contribution < 1.29 is 17.6 Å². The molecule has 6 nitrogen and oxygen atoms in total. The van der Waals surface area contributed by atoms with Crippen molar-refractivity contribution in [3.05, 3.63) is 72.2 Å². The highest BCUT2D eigenvalue weighted by atomic mass is 32.2. The number of rotatable bonds is 4. The number of likely N-dealkylation sites (tertiary alicyclic amines) is 1. The van der Waals surface area contributed by atoms with Crippen LogP contribution in [0.1, 0.15) is 23.3 Å². The molecular formula is C21H20FN3O3S. The molecule has 0 saturated carbocycles. The maximum atomic E-state index is 13.0. The fraction of sp³-hybridized carbons (Fsp3) is 0.238. The predicted molar refractivity (Wildman–Crippen MR) is 107 cm³/mol. The van der Waals surface area contributed by atoms with Crippen molar-refractivity contribution in [2.75, 3.05) is 13.1 Å². The molecule has 1 saturated heterocycles. The molecule has 0 unspecified atom stereocenters. The minimum absolute atomic E-state index is 0.0257. The number of nitrogens with zero attached hydrogens (tertiary/aromatic N) is 2. The molecule has 0 spiro atoms. The Balaban J connectivity index is 1.39. The number of hydrogen-bond donors (Lipinski definition) is 1. The average molecular weight is 413 g/mol. The van der Waals surface area contributed by atoms with Crippen LogP contribution < -0.4 is 4.72 Å². The number of para-hydroxylation sites is 1. The molecule has 1 aliphatic rings. The van der Waals surface area contributed by atoms with Gasteiger partial charge in [-0.15, -0.1) is 0 Å². The molecule has 29 heavy (non-hydrogen) atoms. The van der Waals surface area contributed by atoms with Crippen molar-refractivity contribution in [1.29, 1.82) is 0 Å². The fourth-order valence-corrected chi connectivity index (χ4v) is 4.75. The quantitative estimate of drug-likeness (QED) is 0.713. The molecule has 1 aromatic heterocycles. The maximum absolute atomic E-state index is 13.0. The van der Waals surface area contributed by atoms with Crippen LogP contribution in [0.5, 0.6) is 0 Å². The SMILES string of the molecule is O=C(c1ccc2ccccc2n1)N1CCC(NS(=O)(=O)c2ccc(F)cc2)CC1. The standard InChI is InChI=1S/C21H20FN3O3S/c22-16-6-8-18(9-7-16)29(27,28)24-17-11-13-25(14-12-17)21(26)20-10-5-15-3-1-2-4-19(15)23-20/h1-10,17,24H,11-14H2. The maximum Gasteiger partial charge on any atom is 0.272 e. The Hall–Kier alpha value is -2.84. The molecule has 4 rings (SSSR count). The van der Waals surface area contributed by atoms with E-state index in [1.165, 1.54) is 12.1 Å². The Morgan fingerprint density at radius 1 is 1.00 bits per heavy atom. The van der Waals surface area contributed by atoms with E-state index in [0.29, 0.717) is 31.6 Å². The first-order valence-corrected chi connectivity index (χ1v) is 10.8. The second-order valence-electron chi connectivity index (χ2n) is 7.03. The van der Waals surface area contributed by atoms with Crippen molar-refractivity contribution in [3.63, 3.8) is 0 Å². The second kappa shape index (κ2) is 7.88. The van der Waals surface area contributed by atoms with E-state index in [1.54, 1.807) is 11.0 Å². The predicted octanol–water partition coefficient (Wildman–Crippen LogP) is 2.96. The highest BCUT2D eigenvalue weighted by Gasteiger charge is 2.27. The van der Waals surface area contributed by atoms with E-state index in [2.05, 4.69) is 9.71 Å². The number of benzene rings is 2. The van der Waals surface area contributed by atoms with Crippen molar-refractivity contribution in [1.82, 2.24) is 14.6 Å². The Bertz CT molecular complexity index is 1140. The summed E-state index contributed by atoms with van der Waals surface area (Å²) in [6.45, 7) is 0.869. The number of halogens is 1. The van der Waals surface area contributed by atoms with Crippen LogP contribution >= 0.6 is 0 Å². The van der Waals surface area contributed by atoms with Gasteiger partial charge in [0.1, 0.15) is 11.5 Å². The van der Waals surface area contributed by atoms with Crippen molar-refractivity contribution in [2.45, 2.75) is 23.8 Å². The van der Waals surface area contributed by atoms with Gasteiger partial charge in [0, 0.05) is 24.5 Å². The zero-order valence-electron chi connectivity index (χ0n) is 15.6. The molecule has 1 N–H and O–H groups in total. The molecule has 0 atom stereocenters. The van der Waals surface area contributed by atoms with E-state index < -0.39 is 15.8 Å². The molecule has 150 valence electrons. The highest BCUT2D eigenvalue weighted by Crippen LogP contribution is 2.18. The van der Waals surface area contributed by atoms with Crippen LogP contribution in [0.2, 0.25) is 0 Å². The summed E-state index contributed by atoms with van der Waals surface area (Å²) < 4.78 is 40.6. The zero-order valence-corrected chi connectivity index (χ0v) is 16.4. The lowest BCUT2D eigenvalue weighted by atomic mass is 10.1. The molecule has 1 aliphatic heterocycles. The average Bonchev–Trinajstić information content (AvgIpc) is 2.73. The third-order valence-corrected chi connectivity index (χ3v) is 6.58. The summed E-state index contributed by atoms with van der Waals surface area (Å²) in [6, 6.07) is 15.6.